The minimum atomic E-state index is 0.0142. The molecule has 2 aromatic rings. The Balaban J connectivity index is 1.99. The Kier molecular flexibility index (Phi) is 5.59. The summed E-state index contributed by atoms with van der Waals surface area (Å²) in [4.78, 5) is 10.8. The summed E-state index contributed by atoms with van der Waals surface area (Å²) in [5.74, 6) is 0.908. The Morgan fingerprint density at radius 2 is 1.55 bits per heavy atom. The van der Waals surface area contributed by atoms with E-state index in [0.29, 0.717) is 6.54 Å². The van der Waals surface area contributed by atoms with E-state index in [1.54, 1.807) is 0 Å². The molecule has 0 aliphatic heterocycles. The van der Waals surface area contributed by atoms with Crippen molar-refractivity contribution in [2.45, 2.75) is 33.3 Å². The zero-order chi connectivity index (χ0) is 15.9. The van der Waals surface area contributed by atoms with Gasteiger partial charge in [-0.2, -0.15) is 0 Å². The van der Waals surface area contributed by atoms with Crippen molar-refractivity contribution in [2.24, 2.45) is 0 Å². The van der Waals surface area contributed by atoms with Gasteiger partial charge in [0.1, 0.15) is 5.75 Å². The lowest BCUT2D eigenvalue weighted by Gasteiger charge is -2.10. The molecule has 0 spiro atoms. The van der Waals surface area contributed by atoms with Gasteiger partial charge in [-0.1, -0.05) is 36.4 Å². The van der Waals surface area contributed by atoms with Crippen LogP contribution in [0.1, 0.15) is 26.3 Å². The Hall–Kier alpha value is -2.29. The molecular formula is C19H23NO2. The van der Waals surface area contributed by atoms with Gasteiger partial charge < -0.3 is 10.1 Å². The van der Waals surface area contributed by atoms with Crippen molar-refractivity contribution in [3.63, 3.8) is 0 Å². The fourth-order valence-corrected chi connectivity index (χ4v) is 2.24. The van der Waals surface area contributed by atoms with Crippen LogP contribution in [0.25, 0.3) is 11.1 Å². The molecule has 0 fully saturated rings. The van der Waals surface area contributed by atoms with Crippen LogP contribution in [0, 0.1) is 0 Å². The average Bonchev–Trinajstić information content (AvgIpc) is 2.48. The third kappa shape index (κ3) is 4.92. The molecule has 22 heavy (non-hydrogen) atoms. The van der Waals surface area contributed by atoms with Crippen LogP contribution in [-0.2, 0) is 11.2 Å². The molecule has 0 aromatic heterocycles. The summed E-state index contributed by atoms with van der Waals surface area (Å²) in [6, 6.07) is 16.6. The van der Waals surface area contributed by atoms with Crippen LogP contribution in [-0.4, -0.2) is 18.6 Å². The fraction of sp³-hybridized carbons (Fsp3) is 0.316. The number of carbonyl (C=O) groups is 1. The van der Waals surface area contributed by atoms with Crippen molar-refractivity contribution < 1.29 is 9.53 Å². The van der Waals surface area contributed by atoms with Crippen LogP contribution in [0.4, 0.5) is 0 Å². The van der Waals surface area contributed by atoms with Gasteiger partial charge in [0.05, 0.1) is 6.10 Å². The van der Waals surface area contributed by atoms with Crippen molar-refractivity contribution in [1.82, 2.24) is 5.32 Å². The molecule has 1 amide bonds. The highest BCUT2D eigenvalue weighted by Crippen LogP contribution is 2.23. The van der Waals surface area contributed by atoms with Crippen LogP contribution < -0.4 is 10.1 Å². The molecular weight excluding hydrogens is 274 g/mol. The standard InChI is InChI=1S/C19H23NO2/c1-14(2)22-19-10-8-18(9-11-19)17-6-4-16(5-7-17)12-13-20-15(3)21/h4-11,14H,12-13H2,1-3H3,(H,20,21). The summed E-state index contributed by atoms with van der Waals surface area (Å²) in [5, 5.41) is 2.81. The van der Waals surface area contributed by atoms with Gasteiger partial charge in [-0.3, -0.25) is 4.79 Å². The first kappa shape index (κ1) is 16.1. The van der Waals surface area contributed by atoms with Crippen LogP contribution in [0.15, 0.2) is 48.5 Å². The first-order valence-corrected chi connectivity index (χ1v) is 7.65. The summed E-state index contributed by atoms with van der Waals surface area (Å²) in [6.45, 7) is 6.26. The Bertz CT molecular complexity index is 600. The van der Waals surface area contributed by atoms with Crippen LogP contribution in [0.3, 0.4) is 0 Å². The van der Waals surface area contributed by atoms with E-state index in [1.165, 1.54) is 23.6 Å². The highest BCUT2D eigenvalue weighted by atomic mass is 16.5. The second-order valence-electron chi connectivity index (χ2n) is 5.62. The molecule has 0 aliphatic carbocycles. The lowest BCUT2D eigenvalue weighted by atomic mass is 10.0. The predicted molar refractivity (Wildman–Crippen MR) is 90.0 cm³/mol. The van der Waals surface area contributed by atoms with E-state index in [0.717, 1.165) is 12.2 Å². The molecule has 0 saturated heterocycles. The second kappa shape index (κ2) is 7.64. The summed E-state index contributed by atoms with van der Waals surface area (Å²) in [7, 11) is 0. The molecule has 0 saturated carbocycles. The van der Waals surface area contributed by atoms with Gasteiger partial charge >= 0.3 is 0 Å². The number of amides is 1. The van der Waals surface area contributed by atoms with Gasteiger partial charge in [0.25, 0.3) is 0 Å². The van der Waals surface area contributed by atoms with Crippen LogP contribution >= 0.6 is 0 Å². The Labute approximate surface area is 132 Å². The maximum Gasteiger partial charge on any atom is 0.216 e. The minimum Gasteiger partial charge on any atom is -0.491 e. The van der Waals surface area contributed by atoms with E-state index in [4.69, 9.17) is 4.74 Å². The quantitative estimate of drug-likeness (QED) is 0.880. The number of carbonyl (C=O) groups excluding carboxylic acids is 1. The van der Waals surface area contributed by atoms with E-state index < -0.39 is 0 Å². The van der Waals surface area contributed by atoms with E-state index in [2.05, 4.69) is 41.7 Å². The van der Waals surface area contributed by atoms with Gasteiger partial charge in [-0.15, -0.1) is 0 Å². The summed E-state index contributed by atoms with van der Waals surface area (Å²) in [5.41, 5.74) is 3.57. The van der Waals surface area contributed by atoms with Gasteiger partial charge in [0.2, 0.25) is 5.91 Å². The highest BCUT2D eigenvalue weighted by Gasteiger charge is 2.01. The SMILES string of the molecule is CC(=O)NCCc1ccc(-c2ccc(OC(C)C)cc2)cc1. The highest BCUT2D eigenvalue weighted by molar-refractivity contribution is 5.72. The Morgan fingerprint density at radius 3 is 2.05 bits per heavy atom. The third-order valence-corrected chi connectivity index (χ3v) is 3.30. The minimum absolute atomic E-state index is 0.0142. The fourth-order valence-electron chi connectivity index (χ4n) is 2.24. The predicted octanol–water partition coefficient (Wildman–Crippen LogP) is 3.82. The molecule has 0 radical (unpaired) electrons. The maximum absolute atomic E-state index is 10.8. The van der Waals surface area contributed by atoms with E-state index in [9.17, 15) is 4.79 Å². The van der Waals surface area contributed by atoms with Gasteiger partial charge in [0, 0.05) is 13.5 Å². The molecule has 0 bridgehead atoms. The summed E-state index contributed by atoms with van der Waals surface area (Å²) < 4.78 is 5.65. The molecule has 3 nitrogen and oxygen atoms in total. The number of rotatable bonds is 6. The number of hydrogen-bond donors (Lipinski definition) is 1. The molecule has 2 rings (SSSR count). The van der Waals surface area contributed by atoms with Crippen molar-refractivity contribution in [2.75, 3.05) is 6.54 Å². The number of ether oxygens (including phenoxy) is 1. The molecule has 0 atom stereocenters. The first-order chi connectivity index (χ1) is 10.5. The van der Waals surface area contributed by atoms with Crippen molar-refractivity contribution in [3.05, 3.63) is 54.1 Å². The number of benzene rings is 2. The zero-order valence-corrected chi connectivity index (χ0v) is 13.4. The zero-order valence-electron chi connectivity index (χ0n) is 13.4. The first-order valence-electron chi connectivity index (χ1n) is 7.65. The second-order valence-corrected chi connectivity index (χ2v) is 5.62. The normalized spacial score (nSPS) is 10.5. The maximum atomic E-state index is 10.8. The third-order valence-electron chi connectivity index (χ3n) is 3.30. The molecule has 3 heteroatoms. The average molecular weight is 297 g/mol. The van der Waals surface area contributed by atoms with E-state index in [1.807, 2.05) is 26.0 Å². The molecule has 0 aliphatic rings. The lowest BCUT2D eigenvalue weighted by molar-refractivity contribution is -0.118. The van der Waals surface area contributed by atoms with Gasteiger partial charge in [-0.05, 0) is 49.1 Å². The molecule has 1 N–H and O–H groups in total. The van der Waals surface area contributed by atoms with Gasteiger partial charge in [0.15, 0.2) is 0 Å². The Morgan fingerprint density at radius 1 is 1.00 bits per heavy atom. The smallest absolute Gasteiger partial charge is 0.216 e. The topological polar surface area (TPSA) is 38.3 Å². The van der Waals surface area contributed by atoms with Crippen molar-refractivity contribution in [1.29, 1.82) is 0 Å². The molecule has 116 valence electrons. The molecule has 0 heterocycles. The number of hydrogen-bond acceptors (Lipinski definition) is 2. The van der Waals surface area contributed by atoms with Crippen molar-refractivity contribution in [3.8, 4) is 16.9 Å². The van der Waals surface area contributed by atoms with E-state index in [-0.39, 0.29) is 12.0 Å². The summed E-state index contributed by atoms with van der Waals surface area (Å²) in [6.07, 6.45) is 1.04. The van der Waals surface area contributed by atoms with Gasteiger partial charge in [-0.25, -0.2) is 0 Å². The monoisotopic (exact) mass is 297 g/mol. The molecule has 0 unspecified atom stereocenters. The number of nitrogens with one attached hydrogen (secondary N) is 1. The lowest BCUT2D eigenvalue weighted by Crippen LogP contribution is -2.22. The molecule has 2 aromatic carbocycles. The van der Waals surface area contributed by atoms with Crippen molar-refractivity contribution >= 4 is 5.91 Å². The largest absolute Gasteiger partial charge is 0.491 e. The van der Waals surface area contributed by atoms with E-state index >= 15 is 0 Å². The van der Waals surface area contributed by atoms with Crippen LogP contribution in [0.5, 0.6) is 5.75 Å². The summed E-state index contributed by atoms with van der Waals surface area (Å²) >= 11 is 0. The van der Waals surface area contributed by atoms with Crippen LogP contribution in [0.2, 0.25) is 0 Å².